The lowest BCUT2D eigenvalue weighted by atomic mass is 9.88. The van der Waals surface area contributed by atoms with Gasteiger partial charge in [-0.3, -0.25) is 4.90 Å². The van der Waals surface area contributed by atoms with Gasteiger partial charge in [0.15, 0.2) is 0 Å². The molecule has 2 aromatic rings. The molecule has 2 N–H and O–H groups in total. The lowest BCUT2D eigenvalue weighted by Crippen LogP contribution is -2.43. The van der Waals surface area contributed by atoms with Gasteiger partial charge in [0.25, 0.3) is 0 Å². The number of fused-ring (bicyclic) bond motifs is 1. The van der Waals surface area contributed by atoms with Gasteiger partial charge in [0.05, 0.1) is 0 Å². The molecule has 1 fully saturated rings. The minimum atomic E-state index is -0.293. The predicted molar refractivity (Wildman–Crippen MR) is 82.7 cm³/mol. The molecule has 1 aromatic heterocycles. The summed E-state index contributed by atoms with van der Waals surface area (Å²) < 4.78 is 0. The SMILES string of the molecule is CC(C)C(O)N1CCC(c2c[nH]c3ccccc23)CC1. The van der Waals surface area contributed by atoms with Gasteiger partial charge in [-0.25, -0.2) is 0 Å². The smallest absolute Gasteiger partial charge is 0.109 e. The number of nitrogens with one attached hydrogen (secondary N) is 1. The third-order valence-electron chi connectivity index (χ3n) is 4.56. The molecule has 1 atom stereocenters. The lowest BCUT2D eigenvalue weighted by molar-refractivity contribution is -0.0416. The number of hydrogen-bond acceptors (Lipinski definition) is 2. The Balaban J connectivity index is 1.72. The van der Waals surface area contributed by atoms with Crippen molar-refractivity contribution in [1.29, 1.82) is 0 Å². The third-order valence-corrected chi connectivity index (χ3v) is 4.56. The number of aliphatic hydroxyl groups is 1. The second-order valence-electron chi connectivity index (χ2n) is 6.26. The monoisotopic (exact) mass is 272 g/mol. The molecule has 0 saturated carbocycles. The average Bonchev–Trinajstić information content (AvgIpc) is 2.90. The molecule has 3 rings (SSSR count). The number of nitrogens with zero attached hydrogens (tertiary/aromatic N) is 1. The molecule has 2 heterocycles. The van der Waals surface area contributed by atoms with Crippen molar-refractivity contribution in [2.75, 3.05) is 13.1 Å². The first-order valence-corrected chi connectivity index (χ1v) is 7.65. The summed E-state index contributed by atoms with van der Waals surface area (Å²) in [6.07, 6.45) is 4.14. The van der Waals surface area contributed by atoms with Crippen LogP contribution < -0.4 is 0 Å². The highest BCUT2D eigenvalue weighted by Crippen LogP contribution is 2.33. The highest BCUT2D eigenvalue weighted by Gasteiger charge is 2.27. The maximum Gasteiger partial charge on any atom is 0.109 e. The fourth-order valence-electron chi connectivity index (χ4n) is 3.33. The number of benzene rings is 1. The molecular weight excluding hydrogens is 248 g/mol. The Kier molecular flexibility index (Phi) is 3.81. The van der Waals surface area contributed by atoms with Crippen molar-refractivity contribution in [2.24, 2.45) is 5.92 Å². The van der Waals surface area contributed by atoms with Crippen LogP contribution in [0.2, 0.25) is 0 Å². The molecule has 3 heteroatoms. The summed E-state index contributed by atoms with van der Waals surface area (Å²) in [5.41, 5.74) is 2.67. The molecule has 0 amide bonds. The van der Waals surface area contributed by atoms with Crippen LogP contribution >= 0.6 is 0 Å². The Bertz CT molecular complexity index is 567. The second-order valence-corrected chi connectivity index (χ2v) is 6.26. The van der Waals surface area contributed by atoms with Crippen LogP contribution in [-0.2, 0) is 0 Å². The van der Waals surface area contributed by atoms with E-state index in [0.29, 0.717) is 11.8 Å². The number of aromatic nitrogens is 1. The highest BCUT2D eigenvalue weighted by molar-refractivity contribution is 5.83. The van der Waals surface area contributed by atoms with Gasteiger partial charge >= 0.3 is 0 Å². The van der Waals surface area contributed by atoms with E-state index in [4.69, 9.17) is 0 Å². The lowest BCUT2D eigenvalue weighted by Gasteiger charge is -2.36. The Morgan fingerprint density at radius 3 is 2.60 bits per heavy atom. The van der Waals surface area contributed by atoms with E-state index in [1.165, 1.54) is 16.5 Å². The summed E-state index contributed by atoms with van der Waals surface area (Å²) in [6, 6.07) is 8.52. The fraction of sp³-hybridized carbons (Fsp3) is 0.529. The molecule has 0 aliphatic carbocycles. The fourth-order valence-corrected chi connectivity index (χ4v) is 3.33. The van der Waals surface area contributed by atoms with Gasteiger partial charge < -0.3 is 10.1 Å². The van der Waals surface area contributed by atoms with Gasteiger partial charge in [-0.15, -0.1) is 0 Å². The number of hydrogen-bond donors (Lipinski definition) is 2. The Hall–Kier alpha value is -1.32. The van der Waals surface area contributed by atoms with E-state index in [1.54, 1.807) is 0 Å². The van der Waals surface area contributed by atoms with Gasteiger partial charge in [-0.05, 0) is 36.3 Å². The first-order chi connectivity index (χ1) is 9.66. The minimum Gasteiger partial charge on any atom is -0.378 e. The van der Waals surface area contributed by atoms with E-state index in [1.807, 2.05) is 0 Å². The number of aromatic amines is 1. The number of para-hydroxylation sites is 1. The zero-order valence-electron chi connectivity index (χ0n) is 12.3. The molecule has 20 heavy (non-hydrogen) atoms. The maximum absolute atomic E-state index is 10.2. The van der Waals surface area contributed by atoms with E-state index in [9.17, 15) is 5.11 Å². The number of rotatable bonds is 3. The van der Waals surface area contributed by atoms with E-state index in [0.717, 1.165) is 25.9 Å². The first kappa shape index (κ1) is 13.7. The van der Waals surface area contributed by atoms with Crippen molar-refractivity contribution in [2.45, 2.75) is 38.8 Å². The van der Waals surface area contributed by atoms with Crippen LogP contribution in [0.4, 0.5) is 0 Å². The summed E-state index contributed by atoms with van der Waals surface area (Å²) in [4.78, 5) is 5.59. The predicted octanol–water partition coefficient (Wildman–Crippen LogP) is 3.32. The van der Waals surface area contributed by atoms with Crippen molar-refractivity contribution >= 4 is 10.9 Å². The van der Waals surface area contributed by atoms with Crippen LogP contribution in [0.25, 0.3) is 10.9 Å². The van der Waals surface area contributed by atoms with Gasteiger partial charge in [-0.1, -0.05) is 32.0 Å². The van der Waals surface area contributed by atoms with Crippen LogP contribution in [0, 0.1) is 5.92 Å². The molecule has 1 aliphatic heterocycles. The zero-order chi connectivity index (χ0) is 14.1. The summed E-state index contributed by atoms with van der Waals surface area (Å²) in [5, 5.41) is 11.5. The standard InChI is InChI=1S/C17H24N2O/c1-12(2)17(20)19-9-7-13(8-10-19)15-11-18-16-6-4-3-5-14(15)16/h3-6,11-13,17-18,20H,7-10H2,1-2H3. The van der Waals surface area contributed by atoms with E-state index < -0.39 is 0 Å². The normalized spacial score (nSPS) is 19.8. The second kappa shape index (κ2) is 5.58. The molecule has 1 saturated heterocycles. The first-order valence-electron chi connectivity index (χ1n) is 7.65. The van der Waals surface area contributed by atoms with Crippen molar-refractivity contribution < 1.29 is 5.11 Å². The zero-order valence-corrected chi connectivity index (χ0v) is 12.3. The van der Waals surface area contributed by atoms with Crippen molar-refractivity contribution in [3.63, 3.8) is 0 Å². The topological polar surface area (TPSA) is 39.3 Å². The van der Waals surface area contributed by atoms with Crippen LogP contribution in [0.5, 0.6) is 0 Å². The number of piperidine rings is 1. The molecule has 0 bridgehead atoms. The van der Waals surface area contributed by atoms with Gasteiger partial charge in [0.2, 0.25) is 0 Å². The highest BCUT2D eigenvalue weighted by atomic mass is 16.3. The Morgan fingerprint density at radius 1 is 1.20 bits per heavy atom. The van der Waals surface area contributed by atoms with Crippen LogP contribution in [0.15, 0.2) is 30.5 Å². The van der Waals surface area contributed by atoms with E-state index in [2.05, 4.69) is 54.2 Å². The van der Waals surface area contributed by atoms with Gasteiger partial charge in [-0.2, -0.15) is 0 Å². The largest absolute Gasteiger partial charge is 0.378 e. The Labute approximate surface area is 120 Å². The van der Waals surface area contributed by atoms with E-state index in [-0.39, 0.29) is 6.23 Å². The quantitative estimate of drug-likeness (QED) is 0.899. The molecule has 1 aromatic carbocycles. The molecule has 0 spiro atoms. The summed E-state index contributed by atoms with van der Waals surface area (Å²) in [7, 11) is 0. The van der Waals surface area contributed by atoms with Crippen LogP contribution in [-0.4, -0.2) is 34.3 Å². The van der Waals surface area contributed by atoms with Gasteiger partial charge in [0, 0.05) is 30.2 Å². The number of likely N-dealkylation sites (tertiary alicyclic amines) is 1. The van der Waals surface area contributed by atoms with Crippen LogP contribution in [0.3, 0.4) is 0 Å². The molecule has 108 valence electrons. The van der Waals surface area contributed by atoms with Crippen molar-refractivity contribution in [1.82, 2.24) is 9.88 Å². The Morgan fingerprint density at radius 2 is 1.90 bits per heavy atom. The molecule has 1 aliphatic rings. The summed E-state index contributed by atoms with van der Waals surface area (Å²) in [5.74, 6) is 0.918. The molecule has 1 unspecified atom stereocenters. The minimum absolute atomic E-state index is 0.293. The summed E-state index contributed by atoms with van der Waals surface area (Å²) in [6.45, 7) is 6.14. The average molecular weight is 272 g/mol. The maximum atomic E-state index is 10.2. The molecule has 0 radical (unpaired) electrons. The summed E-state index contributed by atoms with van der Waals surface area (Å²) >= 11 is 0. The molecule has 3 nitrogen and oxygen atoms in total. The molecular formula is C17H24N2O. The van der Waals surface area contributed by atoms with Crippen LogP contribution in [0.1, 0.15) is 38.2 Å². The van der Waals surface area contributed by atoms with Crippen molar-refractivity contribution in [3.05, 3.63) is 36.0 Å². The number of aliphatic hydroxyl groups excluding tert-OH is 1. The number of H-pyrrole nitrogens is 1. The third kappa shape index (κ3) is 2.48. The van der Waals surface area contributed by atoms with Gasteiger partial charge in [0.1, 0.15) is 6.23 Å². The van der Waals surface area contributed by atoms with E-state index >= 15 is 0 Å². The van der Waals surface area contributed by atoms with Crippen molar-refractivity contribution in [3.8, 4) is 0 Å².